The Morgan fingerprint density at radius 3 is 2.64 bits per heavy atom. The van der Waals surface area contributed by atoms with E-state index in [4.69, 9.17) is 26.8 Å². The fourth-order valence-electron chi connectivity index (χ4n) is 1.79. The van der Waals surface area contributed by atoms with Gasteiger partial charge in [-0.15, -0.1) is 0 Å². The zero-order chi connectivity index (χ0) is 16.1. The minimum absolute atomic E-state index is 0.0359. The summed E-state index contributed by atoms with van der Waals surface area (Å²) < 4.78 is 10.8. The fourth-order valence-corrected chi connectivity index (χ4v) is 2.00. The van der Waals surface area contributed by atoms with Gasteiger partial charge in [0.15, 0.2) is 0 Å². The monoisotopic (exact) mass is 323 g/mol. The van der Waals surface area contributed by atoms with Crippen LogP contribution < -0.4 is 20.5 Å². The van der Waals surface area contributed by atoms with Crippen molar-refractivity contribution >= 4 is 23.5 Å². The third kappa shape index (κ3) is 4.63. The quantitative estimate of drug-likeness (QED) is 0.842. The number of hydrogen-bond donors (Lipinski definition) is 2. The predicted octanol–water partition coefficient (Wildman–Crippen LogP) is 2.30. The molecule has 0 saturated heterocycles. The summed E-state index contributed by atoms with van der Waals surface area (Å²) >= 11 is 5.99. The Labute approximate surface area is 133 Å². The normalized spacial score (nSPS) is 11.8. The van der Waals surface area contributed by atoms with Gasteiger partial charge in [-0.05, 0) is 26.0 Å². The number of rotatable bonds is 6. The number of aryl methyl sites for hydroxylation is 1. The van der Waals surface area contributed by atoms with E-state index in [1.807, 2.05) is 6.92 Å². The average molecular weight is 324 g/mol. The van der Waals surface area contributed by atoms with Crippen LogP contribution in [0.1, 0.15) is 12.7 Å². The van der Waals surface area contributed by atoms with Gasteiger partial charge >= 0.3 is 0 Å². The first-order chi connectivity index (χ1) is 10.5. The van der Waals surface area contributed by atoms with Crippen molar-refractivity contribution in [2.45, 2.75) is 19.9 Å². The Morgan fingerprint density at radius 1 is 1.23 bits per heavy atom. The van der Waals surface area contributed by atoms with Crippen molar-refractivity contribution in [3.05, 3.63) is 29.0 Å². The maximum Gasteiger partial charge on any atom is 0.228 e. The third-order valence-electron chi connectivity index (χ3n) is 2.72. The molecule has 0 fully saturated rings. The molecule has 0 radical (unpaired) electrons. The van der Waals surface area contributed by atoms with E-state index in [0.29, 0.717) is 34.9 Å². The molecule has 8 heteroatoms. The summed E-state index contributed by atoms with van der Waals surface area (Å²) in [7, 11) is 1.58. The number of nitrogen functional groups attached to an aromatic ring is 1. The van der Waals surface area contributed by atoms with Gasteiger partial charge in [-0.1, -0.05) is 11.6 Å². The van der Waals surface area contributed by atoms with E-state index >= 15 is 0 Å². The van der Waals surface area contributed by atoms with E-state index in [9.17, 15) is 0 Å². The van der Waals surface area contributed by atoms with Crippen molar-refractivity contribution in [2.75, 3.05) is 24.8 Å². The Morgan fingerprint density at radius 2 is 1.95 bits per heavy atom. The molecule has 1 aromatic carbocycles. The van der Waals surface area contributed by atoms with Gasteiger partial charge in [0.2, 0.25) is 11.9 Å². The zero-order valence-electron chi connectivity index (χ0n) is 12.6. The van der Waals surface area contributed by atoms with Crippen molar-refractivity contribution in [3.8, 4) is 11.5 Å². The Bertz CT molecular complexity index is 633. The smallest absolute Gasteiger partial charge is 0.228 e. The van der Waals surface area contributed by atoms with E-state index < -0.39 is 0 Å². The SMILES string of the molecule is COc1cc(Cl)cc(OCC(C)Nc2nc(C)nc(N)n2)c1. The minimum Gasteiger partial charge on any atom is -0.497 e. The van der Waals surface area contributed by atoms with Crippen LogP contribution in [-0.2, 0) is 0 Å². The molecule has 22 heavy (non-hydrogen) atoms. The van der Waals surface area contributed by atoms with Gasteiger partial charge in [-0.3, -0.25) is 0 Å². The van der Waals surface area contributed by atoms with Crippen molar-refractivity contribution < 1.29 is 9.47 Å². The summed E-state index contributed by atoms with van der Waals surface area (Å²) in [5.41, 5.74) is 5.59. The van der Waals surface area contributed by atoms with Crippen molar-refractivity contribution in [1.82, 2.24) is 15.0 Å². The molecule has 118 valence electrons. The molecule has 0 aliphatic heterocycles. The number of hydrogen-bond acceptors (Lipinski definition) is 7. The van der Waals surface area contributed by atoms with E-state index in [1.165, 1.54) is 0 Å². The summed E-state index contributed by atoms with van der Waals surface area (Å²) in [6.07, 6.45) is 0. The second kappa shape index (κ2) is 7.13. The largest absolute Gasteiger partial charge is 0.497 e. The lowest BCUT2D eigenvalue weighted by atomic mass is 10.3. The molecule has 0 amide bonds. The number of methoxy groups -OCH3 is 1. The van der Waals surface area contributed by atoms with Gasteiger partial charge in [0.05, 0.1) is 13.2 Å². The molecular weight excluding hydrogens is 306 g/mol. The molecule has 3 N–H and O–H groups in total. The van der Waals surface area contributed by atoms with Gasteiger partial charge < -0.3 is 20.5 Å². The number of halogens is 1. The van der Waals surface area contributed by atoms with Crippen LogP contribution >= 0.6 is 11.6 Å². The first kappa shape index (κ1) is 16.1. The average Bonchev–Trinajstić information content (AvgIpc) is 2.43. The number of aromatic nitrogens is 3. The highest BCUT2D eigenvalue weighted by atomic mass is 35.5. The van der Waals surface area contributed by atoms with Gasteiger partial charge in [0.25, 0.3) is 0 Å². The van der Waals surface area contributed by atoms with Crippen molar-refractivity contribution in [3.63, 3.8) is 0 Å². The molecule has 0 aliphatic carbocycles. The maximum atomic E-state index is 5.99. The van der Waals surface area contributed by atoms with Crippen molar-refractivity contribution in [1.29, 1.82) is 0 Å². The topological polar surface area (TPSA) is 95.2 Å². The summed E-state index contributed by atoms with van der Waals surface area (Å²) in [5.74, 6) is 2.43. The van der Waals surface area contributed by atoms with Crippen LogP contribution in [0.15, 0.2) is 18.2 Å². The molecule has 2 aromatic rings. The molecule has 0 bridgehead atoms. The van der Waals surface area contributed by atoms with Crippen LogP contribution in [-0.4, -0.2) is 34.7 Å². The predicted molar refractivity (Wildman–Crippen MR) is 85.6 cm³/mol. The highest BCUT2D eigenvalue weighted by molar-refractivity contribution is 6.30. The Kier molecular flexibility index (Phi) is 5.21. The lowest BCUT2D eigenvalue weighted by Crippen LogP contribution is -2.25. The van der Waals surface area contributed by atoms with Gasteiger partial charge in [0, 0.05) is 11.1 Å². The van der Waals surface area contributed by atoms with Crippen LogP contribution in [0.4, 0.5) is 11.9 Å². The molecule has 7 nitrogen and oxygen atoms in total. The highest BCUT2D eigenvalue weighted by Crippen LogP contribution is 2.25. The minimum atomic E-state index is -0.0359. The maximum absolute atomic E-state index is 5.99. The molecule has 1 aromatic heterocycles. The Hall–Kier alpha value is -2.28. The van der Waals surface area contributed by atoms with E-state index in [2.05, 4.69) is 20.3 Å². The first-order valence-electron chi connectivity index (χ1n) is 6.68. The van der Waals surface area contributed by atoms with Gasteiger partial charge in [0.1, 0.15) is 23.9 Å². The summed E-state index contributed by atoms with van der Waals surface area (Å²) in [6.45, 7) is 4.09. The van der Waals surface area contributed by atoms with Crippen LogP contribution in [0.3, 0.4) is 0 Å². The molecule has 1 heterocycles. The van der Waals surface area contributed by atoms with E-state index in [-0.39, 0.29) is 12.0 Å². The van der Waals surface area contributed by atoms with Crippen LogP contribution in [0.2, 0.25) is 5.02 Å². The van der Waals surface area contributed by atoms with Crippen LogP contribution in [0.25, 0.3) is 0 Å². The second-order valence-electron chi connectivity index (χ2n) is 4.75. The number of nitrogens with two attached hydrogens (primary N) is 1. The highest BCUT2D eigenvalue weighted by Gasteiger charge is 2.08. The molecule has 1 unspecified atom stereocenters. The zero-order valence-corrected chi connectivity index (χ0v) is 13.4. The van der Waals surface area contributed by atoms with E-state index in [0.717, 1.165) is 0 Å². The molecule has 0 spiro atoms. The summed E-state index contributed by atoms with van der Waals surface area (Å²) in [5, 5.41) is 3.66. The number of anilines is 2. The lowest BCUT2D eigenvalue weighted by molar-refractivity contribution is 0.301. The van der Waals surface area contributed by atoms with Crippen LogP contribution in [0, 0.1) is 6.92 Å². The number of nitrogens with one attached hydrogen (secondary N) is 1. The van der Waals surface area contributed by atoms with Crippen LogP contribution in [0.5, 0.6) is 11.5 Å². The van der Waals surface area contributed by atoms with E-state index in [1.54, 1.807) is 32.2 Å². The Balaban J connectivity index is 1.95. The molecule has 0 aliphatic rings. The number of ether oxygens (including phenoxy) is 2. The lowest BCUT2D eigenvalue weighted by Gasteiger charge is -2.15. The molecule has 2 rings (SSSR count). The third-order valence-corrected chi connectivity index (χ3v) is 2.94. The summed E-state index contributed by atoms with van der Waals surface area (Å²) in [4.78, 5) is 12.1. The number of benzene rings is 1. The molecule has 1 atom stereocenters. The standard InChI is InChI=1S/C14H18ClN5O2/c1-8(17-14-19-9(2)18-13(16)20-14)7-22-12-5-10(15)4-11(6-12)21-3/h4-6,8H,7H2,1-3H3,(H3,16,17,18,19,20). The summed E-state index contributed by atoms with van der Waals surface area (Å²) in [6, 6.07) is 5.17. The molecular formula is C14H18ClN5O2. The first-order valence-corrected chi connectivity index (χ1v) is 7.06. The van der Waals surface area contributed by atoms with Crippen molar-refractivity contribution in [2.24, 2.45) is 0 Å². The molecule has 0 saturated carbocycles. The van der Waals surface area contributed by atoms with Gasteiger partial charge in [-0.25, -0.2) is 0 Å². The number of nitrogens with zero attached hydrogens (tertiary/aromatic N) is 3. The fraction of sp³-hybridized carbons (Fsp3) is 0.357. The second-order valence-corrected chi connectivity index (χ2v) is 5.18. The van der Waals surface area contributed by atoms with Gasteiger partial charge in [-0.2, -0.15) is 15.0 Å².